The van der Waals surface area contributed by atoms with E-state index in [1.807, 2.05) is 43.3 Å². The minimum absolute atomic E-state index is 0.361. The molecule has 30 heavy (non-hydrogen) atoms. The molecule has 0 atom stereocenters. The summed E-state index contributed by atoms with van der Waals surface area (Å²) >= 11 is 5.21. The van der Waals surface area contributed by atoms with Crippen molar-refractivity contribution in [3.8, 4) is 11.5 Å². The fourth-order valence-electron chi connectivity index (χ4n) is 2.56. The summed E-state index contributed by atoms with van der Waals surface area (Å²) < 4.78 is 10.5. The Balaban J connectivity index is 1.50. The van der Waals surface area contributed by atoms with Crippen LogP contribution in [0.4, 0.5) is 5.69 Å². The number of carbonyl (C=O) groups excluding carboxylic acids is 1. The molecule has 0 aliphatic heterocycles. The van der Waals surface area contributed by atoms with Crippen molar-refractivity contribution in [2.45, 2.75) is 6.92 Å². The third kappa shape index (κ3) is 6.15. The number of thiocarbonyl (C=S) groups is 1. The first-order valence-corrected chi connectivity index (χ1v) is 9.57. The number of nitrogens with zero attached hydrogens (tertiary/aromatic N) is 1. The Labute approximate surface area is 180 Å². The number of aryl methyl sites for hydroxylation is 1. The normalized spacial score (nSPS) is 10.5. The van der Waals surface area contributed by atoms with Crippen LogP contribution in [0.2, 0.25) is 0 Å². The molecule has 0 aliphatic carbocycles. The number of ether oxygens (including phenoxy) is 2. The molecule has 0 aromatic heterocycles. The molecule has 3 aromatic carbocycles. The van der Waals surface area contributed by atoms with Gasteiger partial charge in [0.15, 0.2) is 5.11 Å². The van der Waals surface area contributed by atoms with E-state index >= 15 is 0 Å². The highest BCUT2D eigenvalue weighted by molar-refractivity contribution is 7.80. The molecule has 0 bridgehead atoms. The van der Waals surface area contributed by atoms with E-state index in [1.54, 1.807) is 49.7 Å². The molecular weight excluding hydrogens is 398 g/mol. The maximum Gasteiger partial charge on any atom is 0.343 e. The van der Waals surface area contributed by atoms with Crippen LogP contribution < -0.4 is 20.2 Å². The van der Waals surface area contributed by atoms with Gasteiger partial charge in [0, 0.05) is 5.69 Å². The summed E-state index contributed by atoms with van der Waals surface area (Å²) in [7, 11) is 1.62. The van der Waals surface area contributed by atoms with Crippen LogP contribution in [-0.2, 0) is 0 Å². The van der Waals surface area contributed by atoms with E-state index in [4.69, 9.17) is 21.7 Å². The van der Waals surface area contributed by atoms with E-state index in [-0.39, 0.29) is 0 Å². The number of rotatable bonds is 6. The van der Waals surface area contributed by atoms with E-state index in [0.29, 0.717) is 16.4 Å². The van der Waals surface area contributed by atoms with Gasteiger partial charge in [0.2, 0.25) is 0 Å². The van der Waals surface area contributed by atoms with Gasteiger partial charge in [-0.3, -0.25) is 5.43 Å². The van der Waals surface area contributed by atoms with Crippen molar-refractivity contribution in [1.29, 1.82) is 0 Å². The van der Waals surface area contributed by atoms with Crippen LogP contribution in [0.25, 0.3) is 0 Å². The lowest BCUT2D eigenvalue weighted by Gasteiger charge is -2.07. The molecule has 7 heteroatoms. The van der Waals surface area contributed by atoms with Crippen LogP contribution in [0.1, 0.15) is 21.5 Å². The molecule has 6 nitrogen and oxygen atoms in total. The van der Waals surface area contributed by atoms with Gasteiger partial charge in [-0.1, -0.05) is 17.7 Å². The van der Waals surface area contributed by atoms with Gasteiger partial charge in [-0.2, -0.15) is 5.10 Å². The first kappa shape index (κ1) is 21.0. The van der Waals surface area contributed by atoms with Crippen LogP contribution in [0, 0.1) is 6.92 Å². The lowest BCUT2D eigenvalue weighted by molar-refractivity contribution is 0.0734. The van der Waals surface area contributed by atoms with Gasteiger partial charge in [0.05, 0.1) is 18.9 Å². The van der Waals surface area contributed by atoms with Crippen molar-refractivity contribution < 1.29 is 14.3 Å². The van der Waals surface area contributed by atoms with E-state index < -0.39 is 5.97 Å². The molecule has 3 rings (SSSR count). The van der Waals surface area contributed by atoms with Gasteiger partial charge < -0.3 is 14.8 Å². The van der Waals surface area contributed by atoms with Gasteiger partial charge in [-0.05, 0) is 85.4 Å². The molecule has 3 aromatic rings. The summed E-state index contributed by atoms with van der Waals surface area (Å²) in [6, 6.07) is 21.7. The lowest BCUT2D eigenvalue weighted by Crippen LogP contribution is -2.23. The third-order valence-electron chi connectivity index (χ3n) is 4.07. The average Bonchev–Trinajstić information content (AvgIpc) is 2.75. The topological polar surface area (TPSA) is 71.9 Å². The summed E-state index contributed by atoms with van der Waals surface area (Å²) in [5.74, 6) is 0.838. The molecule has 0 fully saturated rings. The number of hydrogen-bond acceptors (Lipinski definition) is 5. The van der Waals surface area contributed by atoms with Crippen molar-refractivity contribution in [2.75, 3.05) is 12.4 Å². The van der Waals surface area contributed by atoms with Crippen LogP contribution in [-0.4, -0.2) is 24.4 Å². The largest absolute Gasteiger partial charge is 0.497 e. The Morgan fingerprint density at radius 2 is 1.70 bits per heavy atom. The second-order valence-corrected chi connectivity index (χ2v) is 6.79. The van der Waals surface area contributed by atoms with E-state index in [0.717, 1.165) is 22.6 Å². The molecule has 0 aliphatic rings. The second kappa shape index (κ2) is 10.2. The Hall–Kier alpha value is -3.71. The Bertz CT molecular complexity index is 1050. The molecule has 0 unspecified atom stereocenters. The molecule has 0 radical (unpaired) electrons. The summed E-state index contributed by atoms with van der Waals surface area (Å²) in [4.78, 5) is 12.2. The van der Waals surface area contributed by atoms with E-state index in [1.165, 1.54) is 0 Å². The fourth-order valence-corrected chi connectivity index (χ4v) is 2.73. The molecule has 0 spiro atoms. The summed E-state index contributed by atoms with van der Waals surface area (Å²) in [5.41, 5.74) is 5.92. The second-order valence-electron chi connectivity index (χ2n) is 6.38. The minimum Gasteiger partial charge on any atom is -0.497 e. The monoisotopic (exact) mass is 419 g/mol. The van der Waals surface area contributed by atoms with Gasteiger partial charge >= 0.3 is 5.97 Å². The average molecular weight is 420 g/mol. The molecule has 0 saturated heterocycles. The van der Waals surface area contributed by atoms with Gasteiger partial charge in [0.1, 0.15) is 11.5 Å². The highest BCUT2D eigenvalue weighted by Crippen LogP contribution is 2.15. The Morgan fingerprint density at radius 3 is 2.37 bits per heavy atom. The van der Waals surface area contributed by atoms with Crippen molar-refractivity contribution in [2.24, 2.45) is 5.10 Å². The Morgan fingerprint density at radius 1 is 1.00 bits per heavy atom. The predicted octanol–water partition coefficient (Wildman–Crippen LogP) is 4.54. The number of hydrazone groups is 1. The zero-order valence-electron chi connectivity index (χ0n) is 16.6. The number of nitrogens with one attached hydrogen (secondary N) is 2. The highest BCUT2D eigenvalue weighted by atomic mass is 32.1. The van der Waals surface area contributed by atoms with E-state index in [9.17, 15) is 4.79 Å². The zero-order valence-corrected chi connectivity index (χ0v) is 17.4. The summed E-state index contributed by atoms with van der Waals surface area (Å²) in [5, 5.41) is 7.49. The standard InChI is InChI=1S/C23H21N3O3S/c1-16-4-3-5-18(14-16)22(27)29-21-10-6-17(7-11-21)15-24-26-23(30)25-19-8-12-20(28-2)13-9-19/h3-15H,1-2H3,(H2,25,26,30). The maximum absolute atomic E-state index is 12.2. The van der Waals surface area contributed by atoms with Crippen LogP contribution in [0.5, 0.6) is 11.5 Å². The SMILES string of the molecule is COc1ccc(NC(=S)NN=Cc2ccc(OC(=O)c3cccc(C)c3)cc2)cc1. The van der Waals surface area contributed by atoms with E-state index in [2.05, 4.69) is 15.8 Å². The number of carbonyl (C=O) groups is 1. The molecule has 152 valence electrons. The fraction of sp³-hybridized carbons (Fsp3) is 0.0870. The van der Waals surface area contributed by atoms with Crippen molar-refractivity contribution >= 4 is 35.2 Å². The zero-order chi connectivity index (χ0) is 21.3. The number of hydrogen-bond donors (Lipinski definition) is 2. The molecule has 0 heterocycles. The quantitative estimate of drug-likeness (QED) is 0.201. The number of anilines is 1. The van der Waals surface area contributed by atoms with Crippen molar-refractivity contribution in [3.05, 3.63) is 89.5 Å². The predicted molar refractivity (Wildman–Crippen MR) is 123 cm³/mol. The van der Waals surface area contributed by atoms with Gasteiger partial charge in [-0.25, -0.2) is 4.79 Å². The molecule has 2 N–H and O–H groups in total. The Kier molecular flexibility index (Phi) is 7.13. The number of methoxy groups -OCH3 is 1. The summed E-state index contributed by atoms with van der Waals surface area (Å²) in [6.45, 7) is 1.93. The van der Waals surface area contributed by atoms with Crippen molar-refractivity contribution in [3.63, 3.8) is 0 Å². The summed E-state index contributed by atoms with van der Waals surface area (Å²) in [6.07, 6.45) is 1.62. The first-order chi connectivity index (χ1) is 14.5. The third-order valence-corrected chi connectivity index (χ3v) is 4.27. The highest BCUT2D eigenvalue weighted by Gasteiger charge is 2.08. The van der Waals surface area contributed by atoms with Gasteiger partial charge in [-0.15, -0.1) is 0 Å². The molecule has 0 amide bonds. The van der Waals surface area contributed by atoms with Crippen LogP contribution in [0.3, 0.4) is 0 Å². The molecular formula is C23H21N3O3S. The lowest BCUT2D eigenvalue weighted by atomic mass is 10.1. The smallest absolute Gasteiger partial charge is 0.343 e. The number of esters is 1. The van der Waals surface area contributed by atoms with Crippen LogP contribution in [0.15, 0.2) is 77.9 Å². The molecule has 0 saturated carbocycles. The van der Waals surface area contributed by atoms with Gasteiger partial charge in [0.25, 0.3) is 0 Å². The van der Waals surface area contributed by atoms with Crippen molar-refractivity contribution in [1.82, 2.24) is 5.43 Å². The number of benzene rings is 3. The minimum atomic E-state index is -0.392. The van der Waals surface area contributed by atoms with Crippen LogP contribution >= 0.6 is 12.2 Å². The maximum atomic E-state index is 12.2. The first-order valence-electron chi connectivity index (χ1n) is 9.16.